The normalized spacial score (nSPS) is 16.5. The highest BCUT2D eigenvalue weighted by Gasteiger charge is 2.24. The van der Waals surface area contributed by atoms with Gasteiger partial charge in [0, 0.05) is 25.6 Å². The van der Waals surface area contributed by atoms with Crippen molar-refractivity contribution in [1.82, 2.24) is 19.7 Å². The molecule has 1 aromatic heterocycles. The minimum Gasteiger partial charge on any atom is -0.315 e. The van der Waals surface area contributed by atoms with Gasteiger partial charge in [-0.1, -0.05) is 19.1 Å². The number of Topliss-reactive ketones (excluding diaryl/α,β-unsaturated/α-hetero) is 1. The van der Waals surface area contributed by atoms with Crippen LogP contribution in [0.1, 0.15) is 23.1 Å². The molecule has 2 aromatic rings. The summed E-state index contributed by atoms with van der Waals surface area (Å²) in [5.74, 6) is 0.0519. The van der Waals surface area contributed by atoms with E-state index in [1.54, 1.807) is 24.5 Å². The molecule has 0 amide bonds. The molecule has 0 N–H and O–H groups in total. The Labute approximate surface area is 122 Å². The molecule has 1 atom stereocenters. The highest BCUT2D eigenvalue weighted by atomic mass is 19.1. The minimum absolute atomic E-state index is 0.153. The lowest BCUT2D eigenvalue weighted by molar-refractivity contribution is 0.0873. The summed E-state index contributed by atoms with van der Waals surface area (Å²) < 4.78 is 15.7. The molecule has 6 heteroatoms. The number of nitrogens with zero attached hydrogens (tertiary/aromatic N) is 4. The van der Waals surface area contributed by atoms with Crippen LogP contribution >= 0.6 is 0 Å². The summed E-state index contributed by atoms with van der Waals surface area (Å²) in [7, 11) is 0. The van der Waals surface area contributed by atoms with Gasteiger partial charge in [0.05, 0.1) is 12.1 Å². The summed E-state index contributed by atoms with van der Waals surface area (Å²) in [5.41, 5.74) is 0.171. The Hall–Kier alpha value is -2.08. The summed E-state index contributed by atoms with van der Waals surface area (Å²) in [6.07, 6.45) is 1.72. The van der Waals surface area contributed by atoms with Crippen molar-refractivity contribution in [3.8, 4) is 0 Å². The molecule has 110 valence electrons. The molecule has 5 nitrogen and oxygen atoms in total. The topological polar surface area (TPSA) is 51.0 Å². The predicted octanol–water partition coefficient (Wildman–Crippen LogP) is 1.75. The van der Waals surface area contributed by atoms with Crippen molar-refractivity contribution in [1.29, 1.82) is 0 Å². The summed E-state index contributed by atoms with van der Waals surface area (Å²) in [4.78, 5) is 14.5. The SMILES string of the molecule is CC(CN1CCn2cnnc2C1)C(=O)c1ccccc1F. The van der Waals surface area contributed by atoms with Crippen molar-refractivity contribution in [2.45, 2.75) is 20.0 Å². The Morgan fingerprint density at radius 1 is 1.38 bits per heavy atom. The molecule has 0 radical (unpaired) electrons. The molecule has 1 aliphatic heterocycles. The number of carbonyl (C=O) groups excluding carboxylic acids is 1. The number of carbonyl (C=O) groups is 1. The molecular weight excluding hydrogens is 271 g/mol. The first-order valence-corrected chi connectivity index (χ1v) is 7.03. The van der Waals surface area contributed by atoms with Crippen molar-refractivity contribution in [2.75, 3.05) is 13.1 Å². The quantitative estimate of drug-likeness (QED) is 0.804. The third-order valence-corrected chi connectivity index (χ3v) is 3.84. The van der Waals surface area contributed by atoms with Crippen LogP contribution in [0.15, 0.2) is 30.6 Å². The zero-order valence-corrected chi connectivity index (χ0v) is 11.9. The smallest absolute Gasteiger partial charge is 0.169 e. The first-order chi connectivity index (χ1) is 10.1. The first-order valence-electron chi connectivity index (χ1n) is 7.03. The van der Waals surface area contributed by atoms with Gasteiger partial charge in [0.15, 0.2) is 5.78 Å². The zero-order chi connectivity index (χ0) is 14.8. The fourth-order valence-corrected chi connectivity index (χ4v) is 2.67. The van der Waals surface area contributed by atoms with E-state index in [-0.39, 0.29) is 17.3 Å². The van der Waals surface area contributed by atoms with E-state index in [4.69, 9.17) is 0 Å². The average molecular weight is 288 g/mol. The highest BCUT2D eigenvalue weighted by molar-refractivity contribution is 5.98. The molecule has 0 spiro atoms. The van der Waals surface area contributed by atoms with E-state index in [2.05, 4.69) is 15.1 Å². The average Bonchev–Trinajstić information content (AvgIpc) is 2.94. The first kappa shape index (κ1) is 13.9. The third kappa shape index (κ3) is 2.85. The number of hydrogen-bond acceptors (Lipinski definition) is 4. The molecule has 21 heavy (non-hydrogen) atoms. The van der Waals surface area contributed by atoms with Crippen LogP contribution in [0.3, 0.4) is 0 Å². The maximum Gasteiger partial charge on any atom is 0.169 e. The maximum absolute atomic E-state index is 13.7. The van der Waals surface area contributed by atoms with Crippen molar-refractivity contribution < 1.29 is 9.18 Å². The fourth-order valence-electron chi connectivity index (χ4n) is 2.67. The highest BCUT2D eigenvalue weighted by Crippen LogP contribution is 2.16. The number of halogens is 1. The monoisotopic (exact) mass is 288 g/mol. The summed E-state index contributed by atoms with van der Waals surface area (Å²) in [6, 6.07) is 6.14. The van der Waals surface area contributed by atoms with Gasteiger partial charge in [-0.2, -0.15) is 0 Å². The van der Waals surface area contributed by atoms with Crippen LogP contribution in [-0.4, -0.2) is 38.5 Å². The van der Waals surface area contributed by atoms with Crippen molar-refractivity contribution in [3.63, 3.8) is 0 Å². The Bertz CT molecular complexity index is 655. The van der Waals surface area contributed by atoms with Crippen LogP contribution in [0.5, 0.6) is 0 Å². The van der Waals surface area contributed by atoms with Gasteiger partial charge in [-0.15, -0.1) is 10.2 Å². The van der Waals surface area contributed by atoms with Gasteiger partial charge in [0.2, 0.25) is 0 Å². The molecule has 0 fully saturated rings. The van der Waals surface area contributed by atoms with E-state index in [1.807, 2.05) is 11.5 Å². The van der Waals surface area contributed by atoms with Crippen molar-refractivity contribution in [3.05, 3.63) is 47.8 Å². The van der Waals surface area contributed by atoms with Gasteiger partial charge in [-0.25, -0.2) is 4.39 Å². The standard InChI is InChI=1S/C15H17FN4O/c1-11(15(21)12-4-2-3-5-13(12)16)8-19-6-7-20-10-17-18-14(20)9-19/h2-5,10-11H,6-9H2,1H3. The number of hydrogen-bond donors (Lipinski definition) is 0. The van der Waals surface area contributed by atoms with Crippen molar-refractivity contribution >= 4 is 5.78 Å². The molecular formula is C15H17FN4O. The summed E-state index contributed by atoms with van der Waals surface area (Å²) in [6.45, 7) is 4.78. The Morgan fingerprint density at radius 3 is 3.00 bits per heavy atom. The van der Waals surface area contributed by atoms with Gasteiger partial charge in [0.25, 0.3) is 0 Å². The predicted molar refractivity (Wildman–Crippen MR) is 75.2 cm³/mol. The molecule has 2 heterocycles. The Balaban J connectivity index is 1.66. The van der Waals surface area contributed by atoms with Crippen LogP contribution in [0.25, 0.3) is 0 Å². The molecule has 1 aromatic carbocycles. The summed E-state index contributed by atoms with van der Waals surface area (Å²) in [5, 5.41) is 7.94. The second-order valence-corrected chi connectivity index (χ2v) is 5.42. The van der Waals surface area contributed by atoms with Crippen LogP contribution in [0.4, 0.5) is 4.39 Å². The molecule has 3 rings (SSSR count). The van der Waals surface area contributed by atoms with E-state index in [9.17, 15) is 9.18 Å². The van der Waals surface area contributed by atoms with Crippen LogP contribution < -0.4 is 0 Å². The number of fused-ring (bicyclic) bond motifs is 1. The largest absolute Gasteiger partial charge is 0.315 e. The number of rotatable bonds is 4. The van der Waals surface area contributed by atoms with E-state index in [0.29, 0.717) is 13.1 Å². The molecule has 1 aliphatic rings. The maximum atomic E-state index is 13.7. The Kier molecular flexibility index (Phi) is 3.79. The van der Waals surface area contributed by atoms with E-state index >= 15 is 0 Å². The number of benzene rings is 1. The van der Waals surface area contributed by atoms with Gasteiger partial charge in [0.1, 0.15) is 18.0 Å². The van der Waals surface area contributed by atoms with E-state index < -0.39 is 5.82 Å². The molecule has 0 bridgehead atoms. The Morgan fingerprint density at radius 2 is 2.19 bits per heavy atom. The van der Waals surface area contributed by atoms with Crippen LogP contribution in [0, 0.1) is 11.7 Å². The second kappa shape index (κ2) is 5.73. The lowest BCUT2D eigenvalue weighted by atomic mass is 9.98. The molecule has 0 saturated heterocycles. The van der Waals surface area contributed by atoms with Gasteiger partial charge in [-0.3, -0.25) is 9.69 Å². The molecule has 0 saturated carbocycles. The lowest BCUT2D eigenvalue weighted by Crippen LogP contribution is -2.38. The number of aromatic nitrogens is 3. The minimum atomic E-state index is -0.451. The molecule has 1 unspecified atom stereocenters. The van der Waals surface area contributed by atoms with Gasteiger partial charge < -0.3 is 4.57 Å². The zero-order valence-electron chi connectivity index (χ0n) is 11.9. The van der Waals surface area contributed by atoms with Gasteiger partial charge >= 0.3 is 0 Å². The van der Waals surface area contributed by atoms with Crippen LogP contribution in [-0.2, 0) is 13.1 Å². The summed E-state index contributed by atoms with van der Waals surface area (Å²) >= 11 is 0. The van der Waals surface area contributed by atoms with Crippen molar-refractivity contribution in [2.24, 2.45) is 5.92 Å². The van der Waals surface area contributed by atoms with E-state index in [0.717, 1.165) is 18.9 Å². The van der Waals surface area contributed by atoms with Crippen LogP contribution in [0.2, 0.25) is 0 Å². The van der Waals surface area contributed by atoms with E-state index in [1.165, 1.54) is 6.07 Å². The lowest BCUT2D eigenvalue weighted by Gasteiger charge is -2.28. The number of ketones is 1. The molecule has 0 aliphatic carbocycles. The third-order valence-electron chi connectivity index (χ3n) is 3.84. The second-order valence-electron chi connectivity index (χ2n) is 5.42. The fraction of sp³-hybridized carbons (Fsp3) is 0.400. The van der Waals surface area contributed by atoms with Gasteiger partial charge in [-0.05, 0) is 12.1 Å².